The molecule has 1 N–H and O–H groups in total. The van der Waals surface area contributed by atoms with Gasteiger partial charge in [-0.05, 0) is 43.5 Å². The van der Waals surface area contributed by atoms with Crippen LogP contribution in [0.15, 0.2) is 42.5 Å². The summed E-state index contributed by atoms with van der Waals surface area (Å²) in [4.78, 5) is 38.6. The number of anilines is 1. The summed E-state index contributed by atoms with van der Waals surface area (Å²) >= 11 is 12.3. The van der Waals surface area contributed by atoms with Crippen molar-refractivity contribution >= 4 is 56.4 Å². The van der Waals surface area contributed by atoms with E-state index in [1.165, 1.54) is 29.2 Å². The fourth-order valence-corrected chi connectivity index (χ4v) is 4.88. The average Bonchev–Trinajstić information content (AvgIpc) is 2.82. The van der Waals surface area contributed by atoms with Gasteiger partial charge in [-0.15, -0.1) is 0 Å². The fraction of sp³-hybridized carbons (Fsp3) is 0.417. The van der Waals surface area contributed by atoms with Crippen LogP contribution in [0.3, 0.4) is 0 Å². The molecule has 0 spiro atoms. The third-order valence-electron chi connectivity index (χ3n) is 5.75. The summed E-state index contributed by atoms with van der Waals surface area (Å²) in [5.74, 6) is -1.08. The van der Waals surface area contributed by atoms with Crippen molar-refractivity contribution in [3.63, 3.8) is 0 Å². The summed E-state index contributed by atoms with van der Waals surface area (Å²) in [5.41, 5.74) is 0.129. The number of halogens is 2. The number of nitro benzene ring substituents is 1. The fourth-order valence-electron chi connectivity index (χ4n) is 3.57. The van der Waals surface area contributed by atoms with Crippen LogP contribution in [0.5, 0.6) is 0 Å². The third kappa shape index (κ3) is 8.31. The molecule has 10 nitrogen and oxygen atoms in total. The number of nitrogens with one attached hydrogen (secondary N) is 1. The van der Waals surface area contributed by atoms with E-state index in [4.69, 9.17) is 23.2 Å². The normalized spacial score (nSPS) is 12.9. The zero-order valence-electron chi connectivity index (χ0n) is 21.0. The highest BCUT2D eigenvalue weighted by atomic mass is 35.5. The van der Waals surface area contributed by atoms with Crippen molar-refractivity contribution in [2.75, 3.05) is 17.1 Å². The first-order valence-corrected chi connectivity index (χ1v) is 14.1. The monoisotopic (exact) mass is 572 g/mol. The Kier molecular flexibility index (Phi) is 10.7. The third-order valence-corrected chi connectivity index (χ3v) is 7.48. The smallest absolute Gasteiger partial charge is 0.271 e. The van der Waals surface area contributed by atoms with Crippen LogP contribution in [0, 0.1) is 10.1 Å². The second kappa shape index (κ2) is 13.1. The van der Waals surface area contributed by atoms with E-state index in [2.05, 4.69) is 5.32 Å². The molecule has 0 aliphatic rings. The van der Waals surface area contributed by atoms with Crippen LogP contribution < -0.4 is 9.62 Å². The molecule has 2 atom stereocenters. The lowest BCUT2D eigenvalue weighted by atomic mass is 10.1. The molecule has 0 saturated heterocycles. The Morgan fingerprint density at radius 1 is 1.11 bits per heavy atom. The molecule has 0 heterocycles. The first kappa shape index (κ1) is 30.3. The van der Waals surface area contributed by atoms with Crippen molar-refractivity contribution in [1.82, 2.24) is 10.2 Å². The molecule has 13 heteroatoms. The van der Waals surface area contributed by atoms with Gasteiger partial charge in [0.1, 0.15) is 12.6 Å². The van der Waals surface area contributed by atoms with Crippen molar-refractivity contribution in [3.8, 4) is 0 Å². The lowest BCUT2D eigenvalue weighted by molar-refractivity contribution is -0.384. The van der Waals surface area contributed by atoms with Crippen molar-refractivity contribution < 1.29 is 22.9 Å². The highest BCUT2D eigenvalue weighted by Gasteiger charge is 2.32. The molecule has 2 rings (SSSR count). The quantitative estimate of drug-likeness (QED) is 0.296. The lowest BCUT2D eigenvalue weighted by Crippen LogP contribution is -2.53. The molecule has 0 fully saturated rings. The van der Waals surface area contributed by atoms with Crippen molar-refractivity contribution in [2.24, 2.45) is 0 Å². The number of benzene rings is 2. The predicted molar refractivity (Wildman–Crippen MR) is 144 cm³/mol. The first-order valence-electron chi connectivity index (χ1n) is 11.5. The Bertz CT molecular complexity index is 1260. The van der Waals surface area contributed by atoms with Crippen molar-refractivity contribution in [1.29, 1.82) is 0 Å². The van der Waals surface area contributed by atoms with Gasteiger partial charge in [-0.25, -0.2) is 8.42 Å². The van der Waals surface area contributed by atoms with Gasteiger partial charge in [0.05, 0.1) is 16.9 Å². The maximum Gasteiger partial charge on any atom is 0.271 e. The average molecular weight is 573 g/mol. The molecule has 2 amide bonds. The number of hydrogen-bond acceptors (Lipinski definition) is 6. The SMILES string of the molecule is CC[C@@H](C)NC(=O)[C@H](CC)N(Cc1ccc(Cl)cc1Cl)C(=O)CN(c1cccc([N+](=O)[O-])c1)S(C)(=O)=O. The van der Waals surface area contributed by atoms with E-state index < -0.39 is 39.3 Å². The number of carbonyl (C=O) groups excluding carboxylic acids is 2. The number of nitrogens with zero attached hydrogens (tertiary/aromatic N) is 3. The zero-order chi connectivity index (χ0) is 27.9. The van der Waals surface area contributed by atoms with E-state index in [0.29, 0.717) is 17.0 Å². The number of amides is 2. The lowest BCUT2D eigenvalue weighted by Gasteiger charge is -2.33. The van der Waals surface area contributed by atoms with Gasteiger partial charge in [-0.1, -0.05) is 49.2 Å². The van der Waals surface area contributed by atoms with Gasteiger partial charge in [-0.2, -0.15) is 0 Å². The van der Waals surface area contributed by atoms with E-state index in [-0.39, 0.29) is 35.4 Å². The van der Waals surface area contributed by atoms with Crippen LogP contribution in [-0.4, -0.2) is 54.9 Å². The van der Waals surface area contributed by atoms with Gasteiger partial charge in [-0.3, -0.25) is 24.0 Å². The molecular weight excluding hydrogens is 543 g/mol. The van der Waals surface area contributed by atoms with Crippen LogP contribution in [0.1, 0.15) is 39.2 Å². The molecule has 0 bridgehead atoms. The maximum atomic E-state index is 13.7. The van der Waals surface area contributed by atoms with Gasteiger partial charge in [0, 0.05) is 34.8 Å². The number of carbonyl (C=O) groups is 2. The molecular formula is C24H30Cl2N4O6S. The minimum absolute atomic E-state index is 0.0494. The van der Waals surface area contributed by atoms with Crippen molar-refractivity contribution in [2.45, 2.75) is 52.2 Å². The molecule has 0 aliphatic heterocycles. The van der Waals surface area contributed by atoms with Crippen LogP contribution in [-0.2, 0) is 26.2 Å². The highest BCUT2D eigenvalue weighted by Crippen LogP contribution is 2.26. The Morgan fingerprint density at radius 3 is 2.32 bits per heavy atom. The Balaban J connectivity index is 2.51. The van der Waals surface area contributed by atoms with E-state index in [0.717, 1.165) is 16.6 Å². The Hall–Kier alpha value is -2.89. The van der Waals surface area contributed by atoms with Crippen LogP contribution >= 0.6 is 23.2 Å². The van der Waals surface area contributed by atoms with E-state index in [1.807, 2.05) is 13.8 Å². The number of hydrogen-bond donors (Lipinski definition) is 1. The van der Waals surface area contributed by atoms with Crippen molar-refractivity contribution in [3.05, 3.63) is 68.2 Å². The van der Waals surface area contributed by atoms with Crippen LogP contribution in [0.2, 0.25) is 10.0 Å². The zero-order valence-corrected chi connectivity index (χ0v) is 23.3. The van der Waals surface area contributed by atoms with Gasteiger partial charge >= 0.3 is 0 Å². The molecule has 0 aliphatic carbocycles. The van der Waals surface area contributed by atoms with Gasteiger partial charge < -0.3 is 10.2 Å². The van der Waals surface area contributed by atoms with Crippen LogP contribution in [0.25, 0.3) is 0 Å². The minimum Gasteiger partial charge on any atom is -0.352 e. The van der Waals surface area contributed by atoms with Crippen LogP contribution in [0.4, 0.5) is 11.4 Å². The summed E-state index contributed by atoms with van der Waals surface area (Å²) in [5, 5.41) is 14.8. The largest absolute Gasteiger partial charge is 0.352 e. The second-order valence-electron chi connectivity index (χ2n) is 8.55. The summed E-state index contributed by atoms with van der Waals surface area (Å²) in [6, 6.07) is 8.62. The van der Waals surface area contributed by atoms with Gasteiger partial charge in [0.25, 0.3) is 5.69 Å². The van der Waals surface area contributed by atoms with E-state index in [9.17, 15) is 28.1 Å². The standard InChI is InChI=1S/C24H30Cl2N4O6S/c1-5-16(3)27-24(32)22(6-2)28(14-17-10-11-18(25)12-21(17)26)23(31)15-29(37(4,35)36)19-8-7-9-20(13-19)30(33)34/h7-13,16,22H,5-6,14-15H2,1-4H3,(H,27,32)/t16-,22+/m1/s1. The number of non-ortho nitro benzene ring substituents is 1. The Labute approximate surface area is 226 Å². The molecule has 0 unspecified atom stereocenters. The topological polar surface area (TPSA) is 130 Å². The molecule has 0 aromatic heterocycles. The molecule has 202 valence electrons. The molecule has 2 aromatic carbocycles. The second-order valence-corrected chi connectivity index (χ2v) is 11.3. The van der Waals surface area contributed by atoms with E-state index in [1.54, 1.807) is 19.1 Å². The number of rotatable bonds is 12. The molecule has 0 saturated carbocycles. The predicted octanol–water partition coefficient (Wildman–Crippen LogP) is 4.39. The summed E-state index contributed by atoms with van der Waals surface area (Å²) in [6.45, 7) is 4.71. The molecule has 37 heavy (non-hydrogen) atoms. The highest BCUT2D eigenvalue weighted by molar-refractivity contribution is 7.92. The number of sulfonamides is 1. The minimum atomic E-state index is -4.03. The number of nitro groups is 1. The Morgan fingerprint density at radius 2 is 1.78 bits per heavy atom. The first-order chi connectivity index (χ1) is 17.3. The summed E-state index contributed by atoms with van der Waals surface area (Å²) in [7, 11) is -4.03. The van der Waals surface area contributed by atoms with E-state index >= 15 is 0 Å². The molecule has 0 radical (unpaired) electrons. The van der Waals surface area contributed by atoms with Gasteiger partial charge in [0.2, 0.25) is 21.8 Å². The van der Waals surface area contributed by atoms with Gasteiger partial charge in [0.15, 0.2) is 0 Å². The molecule has 2 aromatic rings. The maximum absolute atomic E-state index is 13.7. The summed E-state index contributed by atoms with van der Waals surface area (Å²) < 4.78 is 26.1. The summed E-state index contributed by atoms with van der Waals surface area (Å²) in [6.07, 6.45) is 1.81.